The highest BCUT2D eigenvalue weighted by Crippen LogP contribution is 2.25. The van der Waals surface area contributed by atoms with Gasteiger partial charge in [-0.1, -0.05) is 0 Å². The Balaban J connectivity index is 1.37. The maximum absolute atomic E-state index is 12.7. The second kappa shape index (κ2) is 7.21. The van der Waals surface area contributed by atoms with Crippen molar-refractivity contribution in [2.24, 2.45) is 5.92 Å². The van der Waals surface area contributed by atoms with Crippen LogP contribution in [-0.2, 0) is 9.59 Å². The summed E-state index contributed by atoms with van der Waals surface area (Å²) in [6, 6.07) is 3.91. The van der Waals surface area contributed by atoms with E-state index in [0.29, 0.717) is 39.3 Å². The van der Waals surface area contributed by atoms with Crippen LogP contribution in [0.2, 0.25) is 0 Å². The molecule has 2 aromatic rings. The van der Waals surface area contributed by atoms with Crippen molar-refractivity contribution in [3.63, 3.8) is 0 Å². The number of anilines is 1. The van der Waals surface area contributed by atoms with Crippen molar-refractivity contribution in [3.05, 3.63) is 29.8 Å². The lowest BCUT2D eigenvalue weighted by molar-refractivity contribution is -0.141. The van der Waals surface area contributed by atoms with E-state index in [-0.39, 0.29) is 17.7 Å². The minimum atomic E-state index is -0.0176. The molecule has 9 nitrogen and oxygen atoms in total. The smallest absolute Gasteiger partial charge is 0.229 e. The molecule has 0 bridgehead atoms. The Morgan fingerprint density at radius 2 is 1.61 bits per heavy atom. The van der Waals surface area contributed by atoms with E-state index < -0.39 is 0 Å². The van der Waals surface area contributed by atoms with Crippen LogP contribution in [0.4, 0.5) is 5.82 Å². The molecule has 0 aromatic carbocycles. The van der Waals surface area contributed by atoms with Gasteiger partial charge in [-0.15, -0.1) is 0 Å². The van der Waals surface area contributed by atoms with Crippen LogP contribution < -0.4 is 4.90 Å². The first-order valence-corrected chi connectivity index (χ1v) is 9.57. The van der Waals surface area contributed by atoms with E-state index in [1.165, 1.54) is 6.33 Å². The summed E-state index contributed by atoms with van der Waals surface area (Å²) < 4.78 is 1.80. The number of hydrogen-bond acceptors (Lipinski definition) is 6. The molecule has 2 amide bonds. The molecule has 2 aromatic heterocycles. The van der Waals surface area contributed by atoms with E-state index >= 15 is 0 Å². The zero-order valence-corrected chi connectivity index (χ0v) is 16.5. The molecule has 0 radical (unpaired) electrons. The molecule has 2 fully saturated rings. The van der Waals surface area contributed by atoms with Gasteiger partial charge in [-0.2, -0.15) is 5.10 Å². The summed E-state index contributed by atoms with van der Waals surface area (Å²) in [4.78, 5) is 38.6. The number of carbonyl (C=O) groups is 2. The Morgan fingerprint density at radius 3 is 2.21 bits per heavy atom. The van der Waals surface area contributed by atoms with Crippen molar-refractivity contribution >= 4 is 17.6 Å². The Bertz CT molecular complexity index is 895. The number of aryl methyl sites for hydroxylation is 2. The first-order valence-electron chi connectivity index (χ1n) is 9.57. The maximum Gasteiger partial charge on any atom is 0.229 e. The zero-order valence-electron chi connectivity index (χ0n) is 16.5. The average molecular weight is 383 g/mol. The minimum Gasteiger partial charge on any atom is -0.355 e. The first-order chi connectivity index (χ1) is 13.4. The van der Waals surface area contributed by atoms with Crippen LogP contribution in [0.1, 0.15) is 18.3 Å². The average Bonchev–Trinajstić information content (AvgIpc) is 2.99. The van der Waals surface area contributed by atoms with E-state index in [1.54, 1.807) is 16.5 Å². The topological polar surface area (TPSA) is 87.5 Å². The van der Waals surface area contributed by atoms with Crippen molar-refractivity contribution < 1.29 is 9.59 Å². The molecule has 0 spiro atoms. The van der Waals surface area contributed by atoms with Gasteiger partial charge in [-0.25, -0.2) is 14.6 Å². The van der Waals surface area contributed by atoms with Gasteiger partial charge in [-0.3, -0.25) is 9.59 Å². The fraction of sp³-hybridized carbons (Fsp3) is 0.526. The summed E-state index contributed by atoms with van der Waals surface area (Å²) in [5.74, 6) is 1.76. The van der Waals surface area contributed by atoms with Gasteiger partial charge in [0.25, 0.3) is 0 Å². The molecule has 2 saturated heterocycles. The highest BCUT2D eigenvalue weighted by atomic mass is 16.2. The summed E-state index contributed by atoms with van der Waals surface area (Å²) >= 11 is 0. The summed E-state index contributed by atoms with van der Waals surface area (Å²) in [5, 5.41) is 4.47. The molecule has 0 atom stereocenters. The van der Waals surface area contributed by atoms with Crippen LogP contribution in [0.15, 0.2) is 18.5 Å². The van der Waals surface area contributed by atoms with Gasteiger partial charge in [-0.05, 0) is 19.9 Å². The fourth-order valence-electron chi connectivity index (χ4n) is 3.81. The molecule has 0 N–H and O–H groups in total. The second-order valence-corrected chi connectivity index (χ2v) is 7.51. The summed E-state index contributed by atoms with van der Waals surface area (Å²) in [6.45, 7) is 9.29. The lowest BCUT2D eigenvalue weighted by Gasteiger charge is -2.43. The number of rotatable bonds is 3. The zero-order chi connectivity index (χ0) is 19.8. The van der Waals surface area contributed by atoms with Crippen LogP contribution >= 0.6 is 0 Å². The maximum atomic E-state index is 12.7. The van der Waals surface area contributed by atoms with E-state index in [9.17, 15) is 9.59 Å². The molecule has 28 heavy (non-hydrogen) atoms. The number of piperazine rings is 1. The second-order valence-electron chi connectivity index (χ2n) is 7.51. The van der Waals surface area contributed by atoms with Gasteiger partial charge in [0.05, 0.1) is 11.6 Å². The monoisotopic (exact) mass is 383 g/mol. The molecular formula is C19H25N7O2. The highest BCUT2D eigenvalue weighted by molar-refractivity contribution is 5.82. The quantitative estimate of drug-likeness (QED) is 0.763. The van der Waals surface area contributed by atoms with Crippen LogP contribution in [0.25, 0.3) is 5.82 Å². The largest absolute Gasteiger partial charge is 0.355 e. The Labute approximate surface area is 164 Å². The van der Waals surface area contributed by atoms with Crippen molar-refractivity contribution in [2.75, 3.05) is 44.2 Å². The lowest BCUT2D eigenvalue weighted by atomic mass is 9.98. The molecule has 0 unspecified atom stereocenters. The first kappa shape index (κ1) is 18.4. The fourth-order valence-corrected chi connectivity index (χ4v) is 3.81. The number of aromatic nitrogens is 4. The van der Waals surface area contributed by atoms with E-state index in [2.05, 4.69) is 20.0 Å². The Kier molecular flexibility index (Phi) is 4.74. The number of nitrogens with zero attached hydrogens (tertiary/aromatic N) is 7. The molecule has 148 valence electrons. The van der Waals surface area contributed by atoms with E-state index in [4.69, 9.17) is 0 Å². The molecule has 0 aliphatic carbocycles. The molecule has 2 aliphatic heterocycles. The van der Waals surface area contributed by atoms with Gasteiger partial charge in [0.15, 0.2) is 5.82 Å². The van der Waals surface area contributed by atoms with Crippen LogP contribution in [0, 0.1) is 19.8 Å². The molecule has 4 heterocycles. The summed E-state index contributed by atoms with van der Waals surface area (Å²) in [7, 11) is 0. The molecular weight excluding hydrogens is 358 g/mol. The van der Waals surface area contributed by atoms with Crippen molar-refractivity contribution in [1.29, 1.82) is 0 Å². The standard InChI is InChI=1S/C19H25N7O2/c1-13-8-14(2)26(22-13)18-9-17(20-12-21-18)25-10-16(11-25)19(28)24-6-4-23(5-7-24)15(3)27/h8-9,12,16H,4-7,10-11H2,1-3H3. The molecule has 0 saturated carbocycles. The summed E-state index contributed by atoms with van der Waals surface area (Å²) in [5.41, 5.74) is 1.96. The summed E-state index contributed by atoms with van der Waals surface area (Å²) in [6.07, 6.45) is 1.54. The number of carbonyl (C=O) groups excluding carboxylic acids is 2. The number of hydrogen-bond donors (Lipinski definition) is 0. The van der Waals surface area contributed by atoms with Gasteiger partial charge >= 0.3 is 0 Å². The molecule has 2 aliphatic rings. The van der Waals surface area contributed by atoms with E-state index in [1.807, 2.05) is 30.9 Å². The minimum absolute atomic E-state index is 0.0176. The van der Waals surface area contributed by atoms with Gasteiger partial charge < -0.3 is 14.7 Å². The van der Waals surface area contributed by atoms with Gasteiger partial charge in [0.2, 0.25) is 11.8 Å². The highest BCUT2D eigenvalue weighted by Gasteiger charge is 2.37. The van der Waals surface area contributed by atoms with Crippen molar-refractivity contribution in [1.82, 2.24) is 29.5 Å². The predicted octanol–water partition coefficient (Wildman–Crippen LogP) is 0.406. The third-order valence-corrected chi connectivity index (χ3v) is 5.46. The lowest BCUT2D eigenvalue weighted by Crippen LogP contribution is -2.58. The molecule has 4 rings (SSSR count). The van der Waals surface area contributed by atoms with Crippen molar-refractivity contribution in [3.8, 4) is 5.82 Å². The number of amides is 2. The Morgan fingerprint density at radius 1 is 0.964 bits per heavy atom. The third kappa shape index (κ3) is 3.44. The van der Waals surface area contributed by atoms with E-state index in [0.717, 1.165) is 23.0 Å². The Hall–Kier alpha value is -2.97. The normalized spacial score (nSPS) is 17.6. The molecule has 9 heteroatoms. The van der Waals surface area contributed by atoms with Crippen LogP contribution in [-0.4, -0.2) is 80.6 Å². The van der Waals surface area contributed by atoms with Crippen LogP contribution in [0.5, 0.6) is 0 Å². The van der Waals surface area contributed by atoms with Gasteiger partial charge in [0.1, 0.15) is 12.1 Å². The van der Waals surface area contributed by atoms with Crippen molar-refractivity contribution in [2.45, 2.75) is 20.8 Å². The predicted molar refractivity (Wildman–Crippen MR) is 103 cm³/mol. The van der Waals surface area contributed by atoms with Crippen LogP contribution in [0.3, 0.4) is 0 Å². The third-order valence-electron chi connectivity index (χ3n) is 5.46. The SMILES string of the molecule is CC(=O)N1CCN(C(=O)C2CN(c3cc(-n4nc(C)cc4C)ncn3)C2)CC1. The van der Waals surface area contributed by atoms with Gasteiger partial charge in [0, 0.05) is 58.0 Å².